The molecule has 2 nitrogen and oxygen atoms in total. The molecular formula is C21H34ClNO. The van der Waals surface area contributed by atoms with Crippen molar-refractivity contribution in [2.75, 3.05) is 19.6 Å². The standard InChI is InChI=1S/C21H33NO.ClH/c1-18-10-12-20(13-11-18)21(23,19-8-4-2-5-9-19)14-17-22-15-6-3-7-16-22;/h10-13,19,23H,2-9,14-17H2,1H3;1H. The third kappa shape index (κ3) is 4.74. The van der Waals surface area contributed by atoms with E-state index in [1.165, 1.54) is 70.0 Å². The first-order chi connectivity index (χ1) is 11.2. The van der Waals surface area contributed by atoms with Crippen molar-refractivity contribution in [3.63, 3.8) is 0 Å². The summed E-state index contributed by atoms with van der Waals surface area (Å²) in [5.41, 5.74) is 1.79. The van der Waals surface area contributed by atoms with Crippen molar-refractivity contribution < 1.29 is 5.11 Å². The molecule has 0 spiro atoms. The molecule has 1 aromatic rings. The highest BCUT2D eigenvalue weighted by molar-refractivity contribution is 5.85. The van der Waals surface area contributed by atoms with E-state index in [9.17, 15) is 5.11 Å². The van der Waals surface area contributed by atoms with E-state index in [1.54, 1.807) is 0 Å². The lowest BCUT2D eigenvalue weighted by Crippen LogP contribution is -2.41. The highest BCUT2D eigenvalue weighted by Crippen LogP contribution is 2.42. The average molecular weight is 352 g/mol. The summed E-state index contributed by atoms with van der Waals surface area (Å²) < 4.78 is 0. The van der Waals surface area contributed by atoms with Crippen molar-refractivity contribution in [1.82, 2.24) is 4.90 Å². The van der Waals surface area contributed by atoms with Crippen molar-refractivity contribution >= 4 is 12.4 Å². The molecule has 2 aliphatic rings. The Hall–Kier alpha value is -0.570. The van der Waals surface area contributed by atoms with Gasteiger partial charge in [-0.1, -0.05) is 55.5 Å². The van der Waals surface area contributed by atoms with Crippen LogP contribution in [0.4, 0.5) is 0 Å². The summed E-state index contributed by atoms with van der Waals surface area (Å²) >= 11 is 0. The van der Waals surface area contributed by atoms with E-state index >= 15 is 0 Å². The minimum Gasteiger partial charge on any atom is -0.385 e. The molecule has 1 saturated heterocycles. The molecule has 0 radical (unpaired) electrons. The van der Waals surface area contributed by atoms with E-state index in [2.05, 4.69) is 36.1 Å². The van der Waals surface area contributed by atoms with Crippen molar-refractivity contribution in [1.29, 1.82) is 0 Å². The van der Waals surface area contributed by atoms with Crippen molar-refractivity contribution in [2.45, 2.75) is 70.3 Å². The smallest absolute Gasteiger partial charge is 0.0936 e. The van der Waals surface area contributed by atoms with Gasteiger partial charge in [0.05, 0.1) is 5.60 Å². The van der Waals surface area contributed by atoms with Gasteiger partial charge in [0.25, 0.3) is 0 Å². The molecule has 136 valence electrons. The van der Waals surface area contributed by atoms with Crippen LogP contribution in [0.15, 0.2) is 24.3 Å². The number of benzene rings is 1. The van der Waals surface area contributed by atoms with Gasteiger partial charge < -0.3 is 10.0 Å². The zero-order chi connectivity index (χ0) is 16.1. The Morgan fingerprint density at radius 2 is 1.54 bits per heavy atom. The van der Waals surface area contributed by atoms with Gasteiger partial charge in [-0.3, -0.25) is 0 Å². The monoisotopic (exact) mass is 351 g/mol. The predicted molar refractivity (Wildman–Crippen MR) is 104 cm³/mol. The first kappa shape index (κ1) is 19.8. The molecule has 1 unspecified atom stereocenters. The van der Waals surface area contributed by atoms with Crippen molar-refractivity contribution in [3.8, 4) is 0 Å². The molecule has 1 aliphatic carbocycles. The molecule has 24 heavy (non-hydrogen) atoms. The summed E-state index contributed by atoms with van der Waals surface area (Å²) in [6.07, 6.45) is 11.2. The van der Waals surface area contributed by atoms with Gasteiger partial charge in [0, 0.05) is 6.54 Å². The SMILES string of the molecule is Cc1ccc(C(O)(CCN2CCCCC2)C2CCCCC2)cc1.Cl. The first-order valence-electron chi connectivity index (χ1n) is 9.70. The van der Waals surface area contributed by atoms with Crippen LogP contribution in [0.1, 0.15) is 68.9 Å². The van der Waals surface area contributed by atoms with Crippen molar-refractivity contribution in [2.24, 2.45) is 5.92 Å². The van der Waals surface area contributed by atoms with E-state index in [-0.39, 0.29) is 12.4 Å². The fourth-order valence-corrected chi connectivity index (χ4v) is 4.52. The quantitative estimate of drug-likeness (QED) is 0.801. The van der Waals surface area contributed by atoms with Crippen LogP contribution in [0.2, 0.25) is 0 Å². The molecule has 3 heteroatoms. The van der Waals surface area contributed by atoms with E-state index in [4.69, 9.17) is 0 Å². The fourth-order valence-electron chi connectivity index (χ4n) is 4.52. The number of halogens is 1. The molecular weight excluding hydrogens is 318 g/mol. The zero-order valence-electron chi connectivity index (χ0n) is 15.2. The number of hydrogen-bond acceptors (Lipinski definition) is 2. The Morgan fingerprint density at radius 3 is 2.17 bits per heavy atom. The van der Waals surface area contributed by atoms with Crippen LogP contribution in [0.3, 0.4) is 0 Å². The maximum absolute atomic E-state index is 11.7. The minimum atomic E-state index is -0.633. The lowest BCUT2D eigenvalue weighted by molar-refractivity contribution is -0.0528. The molecule has 0 amide bonds. The van der Waals surface area contributed by atoms with E-state index in [0.717, 1.165) is 18.5 Å². The van der Waals surface area contributed by atoms with Gasteiger partial charge in [-0.15, -0.1) is 12.4 Å². The zero-order valence-corrected chi connectivity index (χ0v) is 16.0. The van der Waals surface area contributed by atoms with Crippen molar-refractivity contribution in [3.05, 3.63) is 35.4 Å². The third-order valence-corrected chi connectivity index (χ3v) is 6.09. The Balaban J connectivity index is 0.00000208. The largest absolute Gasteiger partial charge is 0.385 e. The summed E-state index contributed by atoms with van der Waals surface area (Å²) in [7, 11) is 0. The average Bonchev–Trinajstić information content (AvgIpc) is 2.62. The van der Waals surface area contributed by atoms with Gasteiger partial charge in [-0.25, -0.2) is 0 Å². The summed E-state index contributed by atoms with van der Waals surface area (Å²) in [5, 5.41) is 11.7. The lowest BCUT2D eigenvalue weighted by Gasteiger charge is -2.41. The van der Waals surface area contributed by atoms with Gasteiger partial charge in [0.2, 0.25) is 0 Å². The van der Waals surface area contributed by atoms with E-state index < -0.39 is 5.60 Å². The first-order valence-corrected chi connectivity index (χ1v) is 9.70. The van der Waals surface area contributed by atoms with Crippen LogP contribution in [0.5, 0.6) is 0 Å². The van der Waals surface area contributed by atoms with Gasteiger partial charge in [0.1, 0.15) is 0 Å². The summed E-state index contributed by atoms with van der Waals surface area (Å²) in [5.74, 6) is 0.434. The number of rotatable bonds is 5. The molecule has 1 N–H and O–H groups in total. The summed E-state index contributed by atoms with van der Waals surface area (Å²) in [6, 6.07) is 8.65. The van der Waals surface area contributed by atoms with E-state index in [1.807, 2.05) is 0 Å². The molecule has 3 rings (SSSR count). The molecule has 1 heterocycles. The second-order valence-corrected chi connectivity index (χ2v) is 7.78. The van der Waals surface area contributed by atoms with Gasteiger partial charge >= 0.3 is 0 Å². The summed E-state index contributed by atoms with van der Waals surface area (Å²) in [4.78, 5) is 2.56. The fraction of sp³-hybridized carbons (Fsp3) is 0.714. The van der Waals surface area contributed by atoms with Gasteiger partial charge in [-0.2, -0.15) is 0 Å². The van der Waals surface area contributed by atoms with Crippen LogP contribution in [0, 0.1) is 12.8 Å². The summed E-state index contributed by atoms with van der Waals surface area (Å²) in [6.45, 7) is 5.60. The second-order valence-electron chi connectivity index (χ2n) is 7.78. The Kier molecular flexibility index (Phi) is 7.59. The normalized spacial score (nSPS) is 22.6. The number of aliphatic hydroxyl groups is 1. The lowest BCUT2D eigenvalue weighted by atomic mass is 9.71. The van der Waals surface area contributed by atoms with Crippen LogP contribution < -0.4 is 0 Å². The maximum atomic E-state index is 11.7. The molecule has 2 fully saturated rings. The molecule has 1 aliphatic heterocycles. The van der Waals surface area contributed by atoms with Crippen LogP contribution in [-0.4, -0.2) is 29.6 Å². The molecule has 0 aromatic heterocycles. The number of nitrogens with zero attached hydrogens (tertiary/aromatic N) is 1. The predicted octanol–water partition coefficient (Wildman–Crippen LogP) is 5.06. The van der Waals surface area contributed by atoms with E-state index in [0.29, 0.717) is 5.92 Å². The molecule has 1 atom stereocenters. The topological polar surface area (TPSA) is 23.5 Å². The highest BCUT2D eigenvalue weighted by Gasteiger charge is 2.38. The van der Waals surface area contributed by atoms with Gasteiger partial charge in [0.15, 0.2) is 0 Å². The molecule has 0 bridgehead atoms. The van der Waals surface area contributed by atoms with Crippen LogP contribution in [0.25, 0.3) is 0 Å². The molecule has 1 saturated carbocycles. The maximum Gasteiger partial charge on any atom is 0.0936 e. The second kappa shape index (κ2) is 9.22. The van der Waals surface area contributed by atoms with Crippen LogP contribution >= 0.6 is 12.4 Å². The third-order valence-electron chi connectivity index (χ3n) is 6.09. The van der Waals surface area contributed by atoms with Gasteiger partial charge in [-0.05, 0) is 63.6 Å². The minimum absolute atomic E-state index is 0. The highest BCUT2D eigenvalue weighted by atomic mass is 35.5. The van der Waals surface area contributed by atoms with Crippen LogP contribution in [-0.2, 0) is 5.60 Å². The Bertz CT molecular complexity index is 477. The molecule has 1 aromatic carbocycles. The number of piperidine rings is 1. The Morgan fingerprint density at radius 1 is 0.958 bits per heavy atom. The number of likely N-dealkylation sites (tertiary alicyclic amines) is 1. The number of aryl methyl sites for hydroxylation is 1. The Labute approximate surface area is 154 Å². The number of hydrogen-bond donors (Lipinski definition) is 1.